The number of nitrogens with one attached hydrogen (secondary N) is 1. The number of carboxylic acids is 1. The lowest BCUT2D eigenvalue weighted by Crippen LogP contribution is -2.22. The summed E-state index contributed by atoms with van der Waals surface area (Å²) in [5, 5.41) is 12.2. The van der Waals surface area contributed by atoms with Crippen LogP contribution in [0, 0.1) is 6.92 Å². The summed E-state index contributed by atoms with van der Waals surface area (Å²) in [6.45, 7) is 1.95. The van der Waals surface area contributed by atoms with E-state index in [1.165, 1.54) is 0 Å². The van der Waals surface area contributed by atoms with Crippen LogP contribution in [0.4, 0.5) is 0 Å². The predicted molar refractivity (Wildman–Crippen MR) is 68.7 cm³/mol. The van der Waals surface area contributed by atoms with Gasteiger partial charge in [0.2, 0.25) is 5.91 Å². The molecule has 0 aliphatic carbocycles. The summed E-state index contributed by atoms with van der Waals surface area (Å²) in [6, 6.07) is 0. The van der Waals surface area contributed by atoms with E-state index < -0.39 is 5.97 Å². The fraction of sp³-hybridized carbons (Fsp3) is 0.500. The molecule has 94 valence electrons. The number of aromatic carboxylic acids is 1. The van der Waals surface area contributed by atoms with E-state index in [2.05, 4.69) is 10.3 Å². The van der Waals surface area contributed by atoms with E-state index in [9.17, 15) is 9.59 Å². The zero-order valence-electron chi connectivity index (χ0n) is 9.65. The quantitative estimate of drug-likeness (QED) is 0.822. The number of hydrogen-bond donors (Lipinski definition) is 2. The first-order chi connectivity index (χ1) is 8.04. The van der Waals surface area contributed by atoms with E-state index >= 15 is 0 Å². The Labute approximate surface area is 108 Å². The van der Waals surface area contributed by atoms with Gasteiger partial charge in [-0.25, -0.2) is 9.78 Å². The van der Waals surface area contributed by atoms with Gasteiger partial charge in [0, 0.05) is 12.2 Å². The monoisotopic (exact) mass is 274 g/mol. The van der Waals surface area contributed by atoms with Gasteiger partial charge in [0.15, 0.2) is 0 Å². The zero-order valence-corrected chi connectivity index (χ0v) is 11.3. The molecule has 1 amide bonds. The van der Waals surface area contributed by atoms with E-state index in [0.29, 0.717) is 23.7 Å². The molecule has 0 saturated heterocycles. The Hall–Kier alpha value is -1.08. The molecule has 0 fully saturated rings. The Morgan fingerprint density at radius 1 is 1.53 bits per heavy atom. The molecular weight excluding hydrogens is 260 g/mol. The lowest BCUT2D eigenvalue weighted by Gasteiger charge is -2.01. The number of carbonyl (C=O) groups is 2. The smallest absolute Gasteiger partial charge is 0.347 e. The summed E-state index contributed by atoms with van der Waals surface area (Å²) in [6.07, 6.45) is 2.41. The highest BCUT2D eigenvalue weighted by Crippen LogP contribution is 2.17. The number of hydrogen-bond acceptors (Lipinski definition) is 5. The van der Waals surface area contributed by atoms with Gasteiger partial charge in [-0.3, -0.25) is 4.79 Å². The van der Waals surface area contributed by atoms with Crippen LogP contribution in [0.15, 0.2) is 0 Å². The Kier molecular flexibility index (Phi) is 5.43. The second-order valence-corrected chi connectivity index (χ2v) is 5.42. The number of nitrogens with zero attached hydrogens (tertiary/aromatic N) is 1. The number of aryl methyl sites for hydroxylation is 1. The maximum Gasteiger partial charge on any atom is 0.347 e. The van der Waals surface area contributed by atoms with Crippen molar-refractivity contribution in [3.8, 4) is 0 Å². The third-order valence-corrected chi connectivity index (χ3v) is 3.76. The molecule has 2 N–H and O–H groups in total. The summed E-state index contributed by atoms with van der Waals surface area (Å²) < 4.78 is 0. The van der Waals surface area contributed by atoms with Crippen molar-refractivity contribution in [2.45, 2.75) is 19.9 Å². The molecule has 17 heavy (non-hydrogen) atoms. The van der Waals surface area contributed by atoms with E-state index in [1.54, 1.807) is 18.7 Å². The first-order valence-corrected chi connectivity index (χ1v) is 7.21. The summed E-state index contributed by atoms with van der Waals surface area (Å²) >= 11 is 2.71. The molecule has 1 aromatic heterocycles. The lowest BCUT2D eigenvalue weighted by molar-refractivity contribution is -0.120. The molecule has 0 radical (unpaired) electrons. The van der Waals surface area contributed by atoms with Gasteiger partial charge in [-0.15, -0.1) is 11.3 Å². The molecule has 7 heteroatoms. The summed E-state index contributed by atoms with van der Waals surface area (Å²) in [5.74, 6) is -0.229. The third kappa shape index (κ3) is 4.35. The van der Waals surface area contributed by atoms with Crippen molar-refractivity contribution < 1.29 is 14.7 Å². The average molecular weight is 274 g/mol. The fourth-order valence-corrected chi connectivity index (χ4v) is 2.42. The number of amides is 1. The van der Waals surface area contributed by atoms with Gasteiger partial charge in [0.05, 0.1) is 12.2 Å². The molecule has 0 spiro atoms. The molecule has 0 unspecified atom stereocenters. The highest BCUT2D eigenvalue weighted by molar-refractivity contribution is 7.98. The molecular formula is C10H14N2O3S2. The van der Waals surface area contributed by atoms with E-state index in [0.717, 1.165) is 17.1 Å². The molecule has 1 aromatic rings. The van der Waals surface area contributed by atoms with Crippen LogP contribution >= 0.6 is 23.1 Å². The Balaban J connectivity index is 2.50. The van der Waals surface area contributed by atoms with Crippen LogP contribution in [-0.4, -0.2) is 34.0 Å². The molecule has 0 aliphatic rings. The minimum Gasteiger partial charge on any atom is -0.477 e. The van der Waals surface area contributed by atoms with Crippen molar-refractivity contribution in [2.24, 2.45) is 0 Å². The standard InChI is InChI=1S/C10H14N2O3S2/c1-6-9(10(14)15)17-8(12-6)5-11-7(13)3-4-16-2/h3-5H2,1-2H3,(H,11,13)(H,14,15). The Morgan fingerprint density at radius 2 is 2.24 bits per heavy atom. The molecule has 1 rings (SSSR count). The molecule has 0 aliphatic heterocycles. The van der Waals surface area contributed by atoms with Gasteiger partial charge in [-0.1, -0.05) is 0 Å². The van der Waals surface area contributed by atoms with Crippen LogP contribution in [-0.2, 0) is 11.3 Å². The van der Waals surface area contributed by atoms with Gasteiger partial charge < -0.3 is 10.4 Å². The number of thioether (sulfide) groups is 1. The van der Waals surface area contributed by atoms with Gasteiger partial charge in [0.25, 0.3) is 0 Å². The number of carbonyl (C=O) groups excluding carboxylic acids is 1. The number of carboxylic acid groups (broad SMARTS) is 1. The van der Waals surface area contributed by atoms with Crippen LogP contribution in [0.1, 0.15) is 26.8 Å². The molecule has 0 bridgehead atoms. The van der Waals surface area contributed by atoms with Gasteiger partial charge in [-0.05, 0) is 13.2 Å². The maximum atomic E-state index is 11.3. The minimum absolute atomic E-state index is 0.0379. The molecule has 5 nitrogen and oxygen atoms in total. The molecule has 0 atom stereocenters. The summed E-state index contributed by atoms with van der Waals surface area (Å²) in [4.78, 5) is 26.5. The molecule has 1 heterocycles. The topological polar surface area (TPSA) is 79.3 Å². The SMILES string of the molecule is CSCCC(=O)NCc1nc(C)c(C(=O)O)s1. The van der Waals surface area contributed by atoms with Crippen LogP contribution in [0.3, 0.4) is 0 Å². The van der Waals surface area contributed by atoms with Crippen LogP contribution in [0.2, 0.25) is 0 Å². The zero-order chi connectivity index (χ0) is 12.8. The first kappa shape index (κ1) is 14.0. The van der Waals surface area contributed by atoms with Crippen molar-refractivity contribution >= 4 is 35.0 Å². The number of rotatable bonds is 6. The van der Waals surface area contributed by atoms with Gasteiger partial charge in [-0.2, -0.15) is 11.8 Å². The van der Waals surface area contributed by atoms with Crippen LogP contribution < -0.4 is 5.32 Å². The molecule has 0 saturated carbocycles. The maximum absolute atomic E-state index is 11.3. The highest BCUT2D eigenvalue weighted by Gasteiger charge is 2.14. The van der Waals surface area contributed by atoms with Gasteiger partial charge in [0.1, 0.15) is 9.88 Å². The number of aromatic nitrogens is 1. The molecule has 0 aromatic carbocycles. The van der Waals surface area contributed by atoms with Crippen molar-refractivity contribution in [2.75, 3.05) is 12.0 Å². The van der Waals surface area contributed by atoms with Crippen molar-refractivity contribution in [1.82, 2.24) is 10.3 Å². The van der Waals surface area contributed by atoms with Crippen molar-refractivity contribution in [1.29, 1.82) is 0 Å². The third-order valence-electron chi connectivity index (χ3n) is 2.01. The van der Waals surface area contributed by atoms with E-state index in [4.69, 9.17) is 5.11 Å². The summed E-state index contributed by atoms with van der Waals surface area (Å²) in [7, 11) is 0. The fourth-order valence-electron chi connectivity index (χ4n) is 1.18. The second-order valence-electron chi connectivity index (χ2n) is 3.35. The van der Waals surface area contributed by atoms with E-state index in [-0.39, 0.29) is 10.8 Å². The largest absolute Gasteiger partial charge is 0.477 e. The Bertz CT molecular complexity index is 418. The van der Waals surface area contributed by atoms with Crippen LogP contribution in [0.5, 0.6) is 0 Å². The Morgan fingerprint density at radius 3 is 2.76 bits per heavy atom. The number of thiazole rings is 1. The normalized spacial score (nSPS) is 10.2. The lowest BCUT2D eigenvalue weighted by atomic mass is 10.4. The predicted octanol–water partition coefficient (Wildman–Crippen LogP) is 1.52. The minimum atomic E-state index is -0.972. The van der Waals surface area contributed by atoms with Crippen molar-refractivity contribution in [3.63, 3.8) is 0 Å². The highest BCUT2D eigenvalue weighted by atomic mass is 32.2. The van der Waals surface area contributed by atoms with Crippen LogP contribution in [0.25, 0.3) is 0 Å². The van der Waals surface area contributed by atoms with Crippen molar-refractivity contribution in [3.05, 3.63) is 15.6 Å². The average Bonchev–Trinajstić information content (AvgIpc) is 2.65. The first-order valence-electron chi connectivity index (χ1n) is 4.99. The van der Waals surface area contributed by atoms with Gasteiger partial charge >= 0.3 is 5.97 Å². The second kappa shape index (κ2) is 6.61. The summed E-state index contributed by atoms with van der Waals surface area (Å²) in [5.41, 5.74) is 0.496. The van der Waals surface area contributed by atoms with E-state index in [1.807, 2.05) is 6.26 Å².